The molecule has 0 amide bonds. The summed E-state index contributed by atoms with van der Waals surface area (Å²) in [7, 11) is 0. The van der Waals surface area contributed by atoms with E-state index in [0.29, 0.717) is 12.0 Å². The molecule has 0 aliphatic heterocycles. The zero-order valence-electron chi connectivity index (χ0n) is 29.6. The molecular formula is C40H78N2. The smallest absolute Gasteiger partial charge is 0.111 e. The van der Waals surface area contributed by atoms with Crippen LogP contribution in [0.4, 0.5) is 0 Å². The van der Waals surface area contributed by atoms with Gasteiger partial charge in [0.05, 0.1) is 0 Å². The Morgan fingerprint density at radius 3 is 1.12 bits per heavy atom. The molecule has 0 fully saturated rings. The second-order valence-corrected chi connectivity index (χ2v) is 13.9. The molecule has 2 heteroatoms. The molecule has 2 nitrogen and oxygen atoms in total. The first-order valence-electron chi connectivity index (χ1n) is 19.8. The molecule has 0 radical (unpaired) electrons. The molecule has 248 valence electrons. The molecule has 2 atom stereocenters. The van der Waals surface area contributed by atoms with Crippen molar-refractivity contribution in [2.45, 2.75) is 239 Å². The number of unbranched alkanes of at least 4 members (excludes halogenated alkanes) is 25. The van der Waals surface area contributed by atoms with E-state index in [9.17, 15) is 0 Å². The van der Waals surface area contributed by atoms with Gasteiger partial charge in [0.15, 0.2) is 0 Å². The van der Waals surface area contributed by atoms with Crippen LogP contribution in [0.1, 0.15) is 245 Å². The van der Waals surface area contributed by atoms with Crippen molar-refractivity contribution in [3.05, 3.63) is 18.2 Å². The summed E-state index contributed by atoms with van der Waals surface area (Å²) in [6, 6.07) is 0.588. The van der Waals surface area contributed by atoms with Gasteiger partial charge in [-0.25, -0.2) is 4.98 Å². The molecular weight excluding hydrogens is 508 g/mol. The Labute approximate surface area is 266 Å². The fraction of sp³-hybridized carbons (Fsp3) is 0.925. The van der Waals surface area contributed by atoms with Crippen molar-refractivity contribution >= 4 is 0 Å². The van der Waals surface area contributed by atoms with Crippen molar-refractivity contribution in [3.8, 4) is 0 Å². The minimum Gasteiger partial charge on any atom is -0.332 e. The number of hydrogen-bond donors (Lipinski definition) is 0. The van der Waals surface area contributed by atoms with E-state index in [2.05, 4.69) is 44.7 Å². The first kappa shape index (κ1) is 39.2. The Hall–Kier alpha value is -0.790. The van der Waals surface area contributed by atoms with Gasteiger partial charge < -0.3 is 4.57 Å². The molecule has 1 heterocycles. The van der Waals surface area contributed by atoms with Gasteiger partial charge in [0.25, 0.3) is 0 Å². The third kappa shape index (κ3) is 21.8. The van der Waals surface area contributed by atoms with Gasteiger partial charge in [-0.3, -0.25) is 0 Å². The number of imidazole rings is 1. The zero-order chi connectivity index (χ0) is 30.4. The Kier molecular flexibility index (Phi) is 28.3. The van der Waals surface area contributed by atoms with Crippen molar-refractivity contribution in [1.29, 1.82) is 0 Å². The lowest BCUT2D eigenvalue weighted by Crippen LogP contribution is -2.13. The third-order valence-electron chi connectivity index (χ3n) is 9.83. The monoisotopic (exact) mass is 587 g/mol. The fourth-order valence-electron chi connectivity index (χ4n) is 6.89. The van der Waals surface area contributed by atoms with Crippen LogP contribution in [0.2, 0.25) is 0 Å². The number of hydrogen-bond acceptors (Lipinski definition) is 1. The number of nitrogens with zero attached hydrogens (tertiary/aromatic N) is 2. The van der Waals surface area contributed by atoms with Gasteiger partial charge >= 0.3 is 0 Å². The van der Waals surface area contributed by atoms with E-state index in [1.54, 1.807) is 0 Å². The summed E-state index contributed by atoms with van der Waals surface area (Å²) in [5.74, 6) is 2.07. The molecule has 1 aromatic heterocycles. The van der Waals surface area contributed by atoms with Gasteiger partial charge in [-0.05, 0) is 26.2 Å². The van der Waals surface area contributed by atoms with Crippen LogP contribution < -0.4 is 0 Å². The summed E-state index contributed by atoms with van der Waals surface area (Å²) in [5.41, 5.74) is 0. The molecule has 1 aromatic rings. The van der Waals surface area contributed by atoms with E-state index in [1.807, 2.05) is 0 Å². The topological polar surface area (TPSA) is 17.8 Å². The third-order valence-corrected chi connectivity index (χ3v) is 9.83. The molecule has 0 aliphatic carbocycles. The summed E-state index contributed by atoms with van der Waals surface area (Å²) < 4.78 is 2.58. The first-order chi connectivity index (χ1) is 20.7. The van der Waals surface area contributed by atoms with E-state index in [1.165, 1.54) is 205 Å². The van der Waals surface area contributed by atoms with Crippen molar-refractivity contribution < 1.29 is 0 Å². The quantitative estimate of drug-likeness (QED) is 0.0749. The van der Waals surface area contributed by atoms with Crippen LogP contribution in [0.3, 0.4) is 0 Å². The van der Waals surface area contributed by atoms with Crippen molar-refractivity contribution in [1.82, 2.24) is 9.55 Å². The fourth-order valence-corrected chi connectivity index (χ4v) is 6.89. The highest BCUT2D eigenvalue weighted by molar-refractivity contribution is 5.02. The lowest BCUT2D eigenvalue weighted by Gasteiger charge is -2.22. The standard InChI is InChI=1S/C40H78N2/c1-5-8-11-14-17-20-21-23-26-29-32-35-39(34-31-28-25-19-16-13-10-7-3)40-41-36-37-42(40)38(4)33-30-27-24-22-18-15-12-9-6-2/h36-39H,5-35H2,1-4H3. The van der Waals surface area contributed by atoms with E-state index in [-0.39, 0.29) is 0 Å². The minimum absolute atomic E-state index is 0.588. The molecule has 42 heavy (non-hydrogen) atoms. The predicted molar refractivity (Wildman–Crippen MR) is 190 cm³/mol. The maximum atomic E-state index is 5.01. The van der Waals surface area contributed by atoms with Crippen molar-refractivity contribution in [3.63, 3.8) is 0 Å². The van der Waals surface area contributed by atoms with E-state index >= 15 is 0 Å². The highest BCUT2D eigenvalue weighted by Crippen LogP contribution is 2.31. The van der Waals surface area contributed by atoms with E-state index in [4.69, 9.17) is 4.98 Å². The Bertz CT molecular complexity index is 650. The molecule has 0 N–H and O–H groups in total. The normalized spacial score (nSPS) is 13.1. The summed E-state index contributed by atoms with van der Waals surface area (Å²) in [5, 5.41) is 0. The second kappa shape index (κ2) is 30.2. The molecule has 0 aromatic carbocycles. The number of aromatic nitrogens is 2. The highest BCUT2D eigenvalue weighted by atomic mass is 15.1. The summed E-state index contributed by atoms with van der Waals surface area (Å²) in [6.45, 7) is 9.39. The molecule has 0 bridgehead atoms. The van der Waals surface area contributed by atoms with Crippen molar-refractivity contribution in [2.75, 3.05) is 0 Å². The zero-order valence-corrected chi connectivity index (χ0v) is 29.6. The number of rotatable bonds is 33. The first-order valence-corrected chi connectivity index (χ1v) is 19.8. The highest BCUT2D eigenvalue weighted by Gasteiger charge is 2.19. The predicted octanol–water partition coefficient (Wildman–Crippen LogP) is 14.7. The van der Waals surface area contributed by atoms with Crippen LogP contribution in [-0.4, -0.2) is 9.55 Å². The SMILES string of the molecule is CCCCCCCCCCCCCC(CCCCCCCCCC)c1nccn1C(C)CCCCCCCCCCC. The summed E-state index contributed by atoms with van der Waals surface area (Å²) >= 11 is 0. The summed E-state index contributed by atoms with van der Waals surface area (Å²) in [6.07, 6.45) is 48.2. The lowest BCUT2D eigenvalue weighted by atomic mass is 9.92. The molecule has 0 saturated heterocycles. The van der Waals surface area contributed by atoms with Gasteiger partial charge in [0.2, 0.25) is 0 Å². The van der Waals surface area contributed by atoms with Crippen LogP contribution in [0, 0.1) is 0 Å². The van der Waals surface area contributed by atoms with Crippen molar-refractivity contribution in [2.24, 2.45) is 0 Å². The van der Waals surface area contributed by atoms with Crippen LogP contribution in [0.15, 0.2) is 12.4 Å². The van der Waals surface area contributed by atoms with Crippen LogP contribution in [0.25, 0.3) is 0 Å². The van der Waals surface area contributed by atoms with E-state index in [0.717, 1.165) is 0 Å². The van der Waals surface area contributed by atoms with Crippen LogP contribution >= 0.6 is 0 Å². The van der Waals surface area contributed by atoms with Crippen LogP contribution in [0.5, 0.6) is 0 Å². The molecule has 2 unspecified atom stereocenters. The van der Waals surface area contributed by atoms with Gasteiger partial charge in [0, 0.05) is 24.4 Å². The van der Waals surface area contributed by atoms with Gasteiger partial charge in [-0.15, -0.1) is 0 Å². The average molecular weight is 587 g/mol. The van der Waals surface area contributed by atoms with Gasteiger partial charge in [-0.2, -0.15) is 0 Å². The largest absolute Gasteiger partial charge is 0.332 e. The Morgan fingerprint density at radius 2 is 0.762 bits per heavy atom. The molecule has 0 spiro atoms. The maximum absolute atomic E-state index is 5.01. The van der Waals surface area contributed by atoms with Crippen LogP contribution in [-0.2, 0) is 0 Å². The Morgan fingerprint density at radius 1 is 0.452 bits per heavy atom. The van der Waals surface area contributed by atoms with Gasteiger partial charge in [-0.1, -0.05) is 201 Å². The lowest BCUT2D eigenvalue weighted by molar-refractivity contribution is 0.412. The minimum atomic E-state index is 0.588. The second-order valence-electron chi connectivity index (χ2n) is 13.9. The average Bonchev–Trinajstić information content (AvgIpc) is 3.49. The van der Waals surface area contributed by atoms with E-state index < -0.39 is 0 Å². The molecule has 0 aliphatic rings. The van der Waals surface area contributed by atoms with Gasteiger partial charge in [0.1, 0.15) is 5.82 Å². The molecule has 0 saturated carbocycles. The summed E-state index contributed by atoms with van der Waals surface area (Å²) in [4.78, 5) is 5.01. The Balaban J connectivity index is 2.43. The molecule has 1 rings (SSSR count). The maximum Gasteiger partial charge on any atom is 0.111 e.